The van der Waals surface area contributed by atoms with E-state index in [0.29, 0.717) is 36.0 Å². The molecule has 33 heavy (non-hydrogen) atoms. The van der Waals surface area contributed by atoms with Crippen molar-refractivity contribution in [2.75, 3.05) is 6.61 Å². The maximum atomic E-state index is 13.0. The van der Waals surface area contributed by atoms with Gasteiger partial charge in [-0.05, 0) is 54.9 Å². The van der Waals surface area contributed by atoms with Crippen LogP contribution in [0.15, 0.2) is 59.8 Å². The van der Waals surface area contributed by atoms with Crippen molar-refractivity contribution in [1.29, 1.82) is 5.26 Å². The number of benzene rings is 2. The van der Waals surface area contributed by atoms with Gasteiger partial charge in [-0.25, -0.2) is 0 Å². The van der Waals surface area contributed by atoms with Gasteiger partial charge in [0.2, 0.25) is 6.10 Å². The number of ether oxygens (including phenoxy) is 2. The molecule has 0 heterocycles. The van der Waals surface area contributed by atoms with E-state index in [1.165, 1.54) is 0 Å². The van der Waals surface area contributed by atoms with Gasteiger partial charge in [0.05, 0.1) is 11.6 Å². The van der Waals surface area contributed by atoms with Crippen LogP contribution in [0.1, 0.15) is 52.7 Å². The Hall–Kier alpha value is -3.33. The Kier molecular flexibility index (Phi) is 7.75. The average molecular weight is 449 g/mol. The maximum absolute atomic E-state index is 13.0. The van der Waals surface area contributed by atoms with E-state index in [0.717, 1.165) is 5.71 Å². The molecule has 1 fully saturated rings. The standard InChI is InChI=1S/C27H32N2O4/c1-18(2)17-31-29-19(3)14-23-25(27(23,4)5)26(30)33-24(16-28)20-10-9-13-22(15-20)32-21-11-7-6-8-12-21/h6-13,15,18,23-25H,14,17H2,1-5H3/b29-19+. The Balaban J connectivity index is 1.63. The Labute approximate surface area is 196 Å². The topological polar surface area (TPSA) is 80.9 Å². The smallest absolute Gasteiger partial charge is 0.311 e. The predicted octanol–water partition coefficient (Wildman–Crippen LogP) is 6.30. The van der Waals surface area contributed by atoms with Gasteiger partial charge in [0, 0.05) is 5.56 Å². The number of para-hydroxylation sites is 1. The van der Waals surface area contributed by atoms with Gasteiger partial charge in [-0.3, -0.25) is 4.79 Å². The summed E-state index contributed by atoms with van der Waals surface area (Å²) in [4.78, 5) is 18.3. The van der Waals surface area contributed by atoms with Crippen molar-refractivity contribution in [1.82, 2.24) is 0 Å². The van der Waals surface area contributed by atoms with Gasteiger partial charge in [0.25, 0.3) is 0 Å². The number of nitrogens with zero attached hydrogens (tertiary/aromatic N) is 2. The molecule has 1 saturated carbocycles. The molecule has 6 nitrogen and oxygen atoms in total. The number of carbonyl (C=O) groups is 1. The minimum absolute atomic E-state index is 0.100. The predicted molar refractivity (Wildman–Crippen MR) is 127 cm³/mol. The molecule has 3 atom stereocenters. The first-order valence-electron chi connectivity index (χ1n) is 11.3. The van der Waals surface area contributed by atoms with Crippen LogP contribution >= 0.6 is 0 Å². The number of carbonyl (C=O) groups excluding carboxylic acids is 1. The highest BCUT2D eigenvalue weighted by atomic mass is 16.6. The second-order valence-electron chi connectivity index (χ2n) is 9.56. The monoisotopic (exact) mass is 448 g/mol. The Morgan fingerprint density at radius 3 is 2.48 bits per heavy atom. The van der Waals surface area contributed by atoms with Crippen molar-refractivity contribution in [3.05, 3.63) is 60.2 Å². The third kappa shape index (κ3) is 6.35. The zero-order chi connectivity index (χ0) is 24.0. The molecule has 2 aromatic carbocycles. The molecule has 1 aliphatic carbocycles. The summed E-state index contributed by atoms with van der Waals surface area (Å²) in [6.07, 6.45) is -0.347. The van der Waals surface area contributed by atoms with E-state index in [2.05, 4.69) is 25.1 Å². The summed E-state index contributed by atoms with van der Waals surface area (Å²) in [6.45, 7) is 10.7. The number of hydrogen-bond acceptors (Lipinski definition) is 6. The highest BCUT2D eigenvalue weighted by molar-refractivity contribution is 5.85. The largest absolute Gasteiger partial charge is 0.457 e. The summed E-state index contributed by atoms with van der Waals surface area (Å²) in [6, 6.07) is 18.6. The van der Waals surface area contributed by atoms with Gasteiger partial charge >= 0.3 is 5.97 Å². The van der Waals surface area contributed by atoms with E-state index in [9.17, 15) is 10.1 Å². The van der Waals surface area contributed by atoms with Crippen molar-refractivity contribution >= 4 is 11.7 Å². The summed E-state index contributed by atoms with van der Waals surface area (Å²) in [5.74, 6) is 1.13. The second kappa shape index (κ2) is 10.5. The molecule has 2 aromatic rings. The van der Waals surface area contributed by atoms with Crippen molar-refractivity contribution < 1.29 is 19.1 Å². The molecule has 0 aliphatic heterocycles. The van der Waals surface area contributed by atoms with Gasteiger partial charge in [0.1, 0.15) is 24.2 Å². The first-order valence-corrected chi connectivity index (χ1v) is 11.3. The SMILES string of the molecule is C/C(CC1C(C(=O)OC(C#N)c2cccc(Oc3ccccc3)c2)C1(C)C)=N\OCC(C)C. The molecule has 0 bridgehead atoms. The fraction of sp³-hybridized carbons (Fsp3) is 0.444. The van der Waals surface area contributed by atoms with Crippen LogP contribution < -0.4 is 4.74 Å². The summed E-state index contributed by atoms with van der Waals surface area (Å²) < 4.78 is 11.5. The van der Waals surface area contributed by atoms with Crippen molar-refractivity contribution in [3.8, 4) is 17.6 Å². The molecule has 0 amide bonds. The lowest BCUT2D eigenvalue weighted by atomic mass is 10.1. The number of oxime groups is 1. The van der Waals surface area contributed by atoms with E-state index < -0.39 is 6.10 Å². The van der Waals surface area contributed by atoms with Gasteiger partial charge in [-0.2, -0.15) is 5.26 Å². The van der Waals surface area contributed by atoms with Gasteiger partial charge in [0.15, 0.2) is 0 Å². The summed E-state index contributed by atoms with van der Waals surface area (Å²) >= 11 is 0. The first kappa shape index (κ1) is 24.3. The van der Waals surface area contributed by atoms with Crippen molar-refractivity contribution in [3.63, 3.8) is 0 Å². The molecular weight excluding hydrogens is 416 g/mol. The Morgan fingerprint density at radius 1 is 1.12 bits per heavy atom. The Bertz CT molecular complexity index is 1020. The molecule has 0 radical (unpaired) electrons. The lowest BCUT2D eigenvalue weighted by Crippen LogP contribution is -2.15. The average Bonchev–Trinajstić information content (AvgIpc) is 3.32. The van der Waals surface area contributed by atoms with Crippen LogP contribution in [0, 0.1) is 34.5 Å². The van der Waals surface area contributed by atoms with Crippen molar-refractivity contribution in [2.45, 2.75) is 47.1 Å². The van der Waals surface area contributed by atoms with Crippen LogP contribution in [-0.2, 0) is 14.4 Å². The fourth-order valence-corrected chi connectivity index (χ4v) is 3.97. The zero-order valence-corrected chi connectivity index (χ0v) is 19.9. The molecule has 0 aromatic heterocycles. The highest BCUT2D eigenvalue weighted by Gasteiger charge is 2.62. The van der Waals surface area contributed by atoms with E-state index >= 15 is 0 Å². The van der Waals surface area contributed by atoms with Crippen LogP contribution in [0.4, 0.5) is 0 Å². The minimum Gasteiger partial charge on any atom is -0.457 e. The zero-order valence-electron chi connectivity index (χ0n) is 19.9. The second-order valence-corrected chi connectivity index (χ2v) is 9.56. The van der Waals surface area contributed by atoms with Crippen LogP contribution in [0.2, 0.25) is 0 Å². The van der Waals surface area contributed by atoms with E-state index in [1.807, 2.05) is 51.1 Å². The van der Waals surface area contributed by atoms with Crippen LogP contribution in [0.25, 0.3) is 0 Å². The molecule has 0 N–H and O–H groups in total. The fourth-order valence-electron chi connectivity index (χ4n) is 3.97. The number of hydrogen-bond donors (Lipinski definition) is 0. The first-order chi connectivity index (χ1) is 15.7. The Morgan fingerprint density at radius 2 is 1.82 bits per heavy atom. The summed E-state index contributed by atoms with van der Waals surface area (Å²) in [7, 11) is 0. The van der Waals surface area contributed by atoms with Gasteiger partial charge in [-0.1, -0.05) is 63.2 Å². The van der Waals surface area contributed by atoms with E-state index in [4.69, 9.17) is 14.3 Å². The third-order valence-electron chi connectivity index (χ3n) is 5.94. The number of esters is 1. The number of rotatable bonds is 10. The van der Waals surface area contributed by atoms with Crippen LogP contribution in [0.3, 0.4) is 0 Å². The van der Waals surface area contributed by atoms with E-state index in [-0.39, 0.29) is 23.2 Å². The molecule has 6 heteroatoms. The molecule has 0 spiro atoms. The molecule has 3 unspecified atom stereocenters. The van der Waals surface area contributed by atoms with Gasteiger partial charge < -0.3 is 14.3 Å². The molecular formula is C27H32N2O4. The normalized spacial score (nSPS) is 20.0. The lowest BCUT2D eigenvalue weighted by Gasteiger charge is -2.13. The summed E-state index contributed by atoms with van der Waals surface area (Å²) in [5, 5.41) is 13.9. The molecule has 174 valence electrons. The van der Waals surface area contributed by atoms with Crippen LogP contribution in [0.5, 0.6) is 11.5 Å². The third-order valence-corrected chi connectivity index (χ3v) is 5.94. The lowest BCUT2D eigenvalue weighted by molar-refractivity contribution is -0.149. The van der Waals surface area contributed by atoms with E-state index in [1.54, 1.807) is 24.3 Å². The molecule has 0 saturated heterocycles. The number of nitriles is 1. The molecule has 1 aliphatic rings. The highest BCUT2D eigenvalue weighted by Crippen LogP contribution is 2.60. The summed E-state index contributed by atoms with van der Waals surface area (Å²) in [5.41, 5.74) is 1.21. The quantitative estimate of drug-likeness (QED) is 0.242. The van der Waals surface area contributed by atoms with Crippen molar-refractivity contribution in [2.24, 2.45) is 28.3 Å². The molecule has 3 rings (SSSR count). The minimum atomic E-state index is -1.00. The maximum Gasteiger partial charge on any atom is 0.311 e. The van der Waals surface area contributed by atoms with Gasteiger partial charge in [-0.15, -0.1) is 0 Å². The van der Waals surface area contributed by atoms with Crippen LogP contribution in [-0.4, -0.2) is 18.3 Å².